The van der Waals surface area contributed by atoms with Crippen molar-refractivity contribution in [3.05, 3.63) is 30.1 Å². The molecule has 5 heteroatoms. The van der Waals surface area contributed by atoms with Gasteiger partial charge < -0.3 is 14.2 Å². The van der Waals surface area contributed by atoms with Crippen molar-refractivity contribution in [2.75, 3.05) is 13.1 Å². The lowest BCUT2D eigenvalue weighted by Gasteiger charge is -2.33. The van der Waals surface area contributed by atoms with Crippen molar-refractivity contribution in [2.45, 2.75) is 45.6 Å². The van der Waals surface area contributed by atoms with Crippen LogP contribution < -0.4 is 0 Å². The number of amides is 1. The standard InChI is InChI=1S/C19H27N3O2/c1-19(2,3)24-18(23)22-11-9-14(10-12-22)13-17-20-15-7-5-6-8-16(15)21(17)4/h5-8,14H,9-13H2,1-4H3. The number of aryl methyl sites for hydroxylation is 1. The first-order chi connectivity index (χ1) is 11.3. The predicted molar refractivity (Wildman–Crippen MR) is 94.9 cm³/mol. The van der Waals surface area contributed by atoms with Gasteiger partial charge in [-0.25, -0.2) is 9.78 Å². The molecule has 1 aromatic heterocycles. The minimum absolute atomic E-state index is 0.191. The highest BCUT2D eigenvalue weighted by molar-refractivity contribution is 5.75. The maximum absolute atomic E-state index is 12.1. The number of para-hydroxylation sites is 2. The first-order valence-corrected chi connectivity index (χ1v) is 8.72. The van der Waals surface area contributed by atoms with Gasteiger partial charge in [0.2, 0.25) is 0 Å². The molecule has 0 unspecified atom stereocenters. The van der Waals surface area contributed by atoms with E-state index in [-0.39, 0.29) is 6.09 Å². The number of rotatable bonds is 2. The first kappa shape index (κ1) is 16.8. The van der Waals surface area contributed by atoms with Crippen molar-refractivity contribution in [1.29, 1.82) is 0 Å². The quantitative estimate of drug-likeness (QED) is 0.843. The third-order valence-corrected chi connectivity index (χ3v) is 4.62. The Morgan fingerprint density at radius 2 is 1.92 bits per heavy atom. The summed E-state index contributed by atoms with van der Waals surface area (Å²) in [5.41, 5.74) is 1.81. The molecular formula is C19H27N3O2. The molecular weight excluding hydrogens is 302 g/mol. The fraction of sp³-hybridized carbons (Fsp3) is 0.579. The van der Waals surface area contributed by atoms with Crippen molar-refractivity contribution in [3.8, 4) is 0 Å². The topological polar surface area (TPSA) is 47.4 Å². The summed E-state index contributed by atoms with van der Waals surface area (Å²) in [6, 6.07) is 8.24. The molecule has 0 spiro atoms. The van der Waals surface area contributed by atoms with Crippen LogP contribution in [0, 0.1) is 5.92 Å². The molecule has 0 atom stereocenters. The molecule has 2 heterocycles. The highest BCUT2D eigenvalue weighted by atomic mass is 16.6. The number of nitrogens with zero attached hydrogens (tertiary/aromatic N) is 3. The molecule has 1 aliphatic rings. The summed E-state index contributed by atoms with van der Waals surface area (Å²) in [5.74, 6) is 1.70. The van der Waals surface area contributed by atoms with Crippen molar-refractivity contribution in [3.63, 3.8) is 0 Å². The van der Waals surface area contributed by atoms with E-state index in [2.05, 4.69) is 23.7 Å². The lowest BCUT2D eigenvalue weighted by molar-refractivity contribution is 0.0183. The van der Waals surface area contributed by atoms with Crippen molar-refractivity contribution in [1.82, 2.24) is 14.5 Å². The molecule has 0 radical (unpaired) electrons. The molecule has 0 bridgehead atoms. The SMILES string of the molecule is Cn1c(CC2CCN(C(=O)OC(C)(C)C)CC2)nc2ccccc21. The molecule has 24 heavy (non-hydrogen) atoms. The average Bonchev–Trinajstić information content (AvgIpc) is 2.83. The van der Waals surface area contributed by atoms with E-state index < -0.39 is 5.60 Å². The number of benzene rings is 1. The second-order valence-corrected chi connectivity index (χ2v) is 7.69. The number of fused-ring (bicyclic) bond motifs is 1. The summed E-state index contributed by atoms with van der Waals surface area (Å²) in [7, 11) is 2.08. The number of aromatic nitrogens is 2. The normalized spacial score (nSPS) is 16.6. The Morgan fingerprint density at radius 3 is 2.54 bits per heavy atom. The molecule has 0 N–H and O–H groups in total. The van der Waals surface area contributed by atoms with Gasteiger partial charge in [-0.05, 0) is 51.7 Å². The number of piperidine rings is 1. The van der Waals surface area contributed by atoms with E-state index in [1.54, 1.807) is 0 Å². The Labute approximate surface area is 143 Å². The number of hydrogen-bond acceptors (Lipinski definition) is 3. The monoisotopic (exact) mass is 329 g/mol. The van der Waals surface area contributed by atoms with Gasteiger partial charge in [-0.2, -0.15) is 0 Å². The Morgan fingerprint density at radius 1 is 1.25 bits per heavy atom. The molecule has 1 aliphatic heterocycles. The van der Waals surface area contributed by atoms with E-state index in [0.29, 0.717) is 5.92 Å². The molecule has 3 rings (SSSR count). The van der Waals surface area contributed by atoms with E-state index in [1.807, 2.05) is 37.8 Å². The number of likely N-dealkylation sites (tertiary alicyclic amines) is 1. The molecule has 0 aliphatic carbocycles. The summed E-state index contributed by atoms with van der Waals surface area (Å²) in [4.78, 5) is 18.7. The highest BCUT2D eigenvalue weighted by Crippen LogP contribution is 2.24. The van der Waals surface area contributed by atoms with Gasteiger partial charge >= 0.3 is 6.09 Å². The van der Waals surface area contributed by atoms with Crippen LogP contribution in [0.4, 0.5) is 4.79 Å². The van der Waals surface area contributed by atoms with Gasteiger partial charge in [-0.1, -0.05) is 12.1 Å². The van der Waals surface area contributed by atoms with Gasteiger partial charge in [0.15, 0.2) is 0 Å². The predicted octanol–water partition coefficient (Wildman–Crippen LogP) is 3.76. The molecule has 1 amide bonds. The van der Waals surface area contributed by atoms with Crippen LogP contribution in [0.25, 0.3) is 11.0 Å². The Hall–Kier alpha value is -2.04. The van der Waals surface area contributed by atoms with Crippen LogP contribution in [0.3, 0.4) is 0 Å². The summed E-state index contributed by atoms with van der Waals surface area (Å²) in [6.07, 6.45) is 2.78. The number of carbonyl (C=O) groups excluding carboxylic acids is 1. The summed E-state index contributed by atoms with van der Waals surface area (Å²) in [6.45, 7) is 7.25. The van der Waals surface area contributed by atoms with E-state index in [4.69, 9.17) is 9.72 Å². The van der Waals surface area contributed by atoms with Crippen LogP contribution in [0.5, 0.6) is 0 Å². The van der Waals surface area contributed by atoms with Crippen LogP contribution in [0.1, 0.15) is 39.4 Å². The van der Waals surface area contributed by atoms with Crippen LogP contribution >= 0.6 is 0 Å². The third kappa shape index (κ3) is 3.71. The second-order valence-electron chi connectivity index (χ2n) is 7.69. The zero-order valence-electron chi connectivity index (χ0n) is 15.1. The van der Waals surface area contributed by atoms with Crippen LogP contribution in [0.2, 0.25) is 0 Å². The van der Waals surface area contributed by atoms with Gasteiger partial charge in [0.25, 0.3) is 0 Å². The minimum atomic E-state index is -0.430. The van der Waals surface area contributed by atoms with Crippen molar-refractivity contribution < 1.29 is 9.53 Å². The van der Waals surface area contributed by atoms with Crippen LogP contribution in [-0.2, 0) is 18.2 Å². The van der Waals surface area contributed by atoms with E-state index in [0.717, 1.165) is 43.7 Å². The van der Waals surface area contributed by atoms with E-state index in [1.165, 1.54) is 5.52 Å². The molecule has 1 saturated heterocycles. The van der Waals surface area contributed by atoms with Crippen LogP contribution in [0.15, 0.2) is 24.3 Å². The van der Waals surface area contributed by atoms with Gasteiger partial charge in [-0.15, -0.1) is 0 Å². The molecule has 1 fully saturated rings. The zero-order chi connectivity index (χ0) is 17.3. The zero-order valence-corrected chi connectivity index (χ0v) is 15.1. The summed E-state index contributed by atoms with van der Waals surface area (Å²) < 4.78 is 7.65. The number of carbonyl (C=O) groups is 1. The van der Waals surface area contributed by atoms with E-state index >= 15 is 0 Å². The van der Waals surface area contributed by atoms with Crippen molar-refractivity contribution in [2.24, 2.45) is 13.0 Å². The van der Waals surface area contributed by atoms with E-state index in [9.17, 15) is 4.79 Å². The smallest absolute Gasteiger partial charge is 0.410 e. The average molecular weight is 329 g/mol. The van der Waals surface area contributed by atoms with Gasteiger partial charge in [0.05, 0.1) is 11.0 Å². The third-order valence-electron chi connectivity index (χ3n) is 4.62. The molecule has 0 saturated carbocycles. The lowest BCUT2D eigenvalue weighted by Crippen LogP contribution is -2.42. The molecule has 1 aromatic carbocycles. The number of imidazole rings is 1. The van der Waals surface area contributed by atoms with Gasteiger partial charge in [-0.3, -0.25) is 0 Å². The molecule has 130 valence electrons. The van der Waals surface area contributed by atoms with Gasteiger partial charge in [0, 0.05) is 26.6 Å². The molecule has 2 aromatic rings. The fourth-order valence-electron chi connectivity index (χ4n) is 3.28. The minimum Gasteiger partial charge on any atom is -0.444 e. The molecule has 5 nitrogen and oxygen atoms in total. The Balaban J connectivity index is 1.59. The van der Waals surface area contributed by atoms with Crippen molar-refractivity contribution >= 4 is 17.1 Å². The highest BCUT2D eigenvalue weighted by Gasteiger charge is 2.27. The van der Waals surface area contributed by atoms with Crippen LogP contribution in [-0.4, -0.2) is 39.2 Å². The van der Waals surface area contributed by atoms with Gasteiger partial charge in [0.1, 0.15) is 11.4 Å². The first-order valence-electron chi connectivity index (χ1n) is 8.72. The lowest BCUT2D eigenvalue weighted by atomic mass is 9.93. The summed E-state index contributed by atoms with van der Waals surface area (Å²) in [5, 5.41) is 0. The maximum atomic E-state index is 12.1. The Kier molecular flexibility index (Phi) is 4.52. The fourth-order valence-corrected chi connectivity index (χ4v) is 3.28. The maximum Gasteiger partial charge on any atom is 0.410 e. The number of hydrogen-bond donors (Lipinski definition) is 0. The Bertz CT molecular complexity index is 722. The largest absolute Gasteiger partial charge is 0.444 e. The summed E-state index contributed by atoms with van der Waals surface area (Å²) >= 11 is 0. The second kappa shape index (κ2) is 6.46. The number of ether oxygens (including phenoxy) is 1.